The van der Waals surface area contributed by atoms with Crippen LogP contribution in [0.3, 0.4) is 0 Å². The first kappa shape index (κ1) is 17.0. The van der Waals surface area contributed by atoms with Crippen LogP contribution in [0.15, 0.2) is 24.3 Å². The van der Waals surface area contributed by atoms with Gasteiger partial charge < -0.3 is 15.4 Å². The molecule has 0 radical (unpaired) electrons. The molecule has 25 heavy (non-hydrogen) atoms. The Balaban J connectivity index is 1.92. The molecule has 2 amide bonds. The SMILES string of the molecule is CCc1c(C)sc(NC(=O)C2(C)Oc3ccccc3NC2=O)c1C#N. The molecular formula is C18H17N3O3S. The fraction of sp³-hybridized carbons (Fsp3) is 0.278. The number of rotatable bonds is 3. The fourth-order valence-electron chi connectivity index (χ4n) is 2.75. The number of anilines is 2. The highest BCUT2D eigenvalue weighted by Crippen LogP contribution is 2.36. The highest BCUT2D eigenvalue weighted by molar-refractivity contribution is 7.16. The third kappa shape index (κ3) is 2.75. The molecule has 3 rings (SSSR count). The number of ether oxygens (including phenoxy) is 1. The number of carbonyl (C=O) groups is 2. The molecule has 1 atom stereocenters. The Labute approximate surface area is 149 Å². The van der Waals surface area contributed by atoms with Crippen molar-refractivity contribution in [3.05, 3.63) is 40.3 Å². The number of hydrogen-bond acceptors (Lipinski definition) is 5. The molecule has 1 unspecified atom stereocenters. The summed E-state index contributed by atoms with van der Waals surface area (Å²) in [5.41, 5.74) is 0.160. The molecule has 2 aromatic rings. The number of aryl methyl sites for hydroxylation is 1. The van der Waals surface area contributed by atoms with Gasteiger partial charge in [0.25, 0.3) is 17.4 Å². The lowest BCUT2D eigenvalue weighted by atomic mass is 10.0. The van der Waals surface area contributed by atoms with Crippen molar-refractivity contribution >= 4 is 33.8 Å². The molecule has 7 heteroatoms. The summed E-state index contributed by atoms with van der Waals surface area (Å²) in [5, 5.41) is 15.2. The predicted octanol–water partition coefficient (Wildman–Crippen LogP) is 3.22. The van der Waals surface area contributed by atoms with Crippen molar-refractivity contribution in [2.45, 2.75) is 32.8 Å². The molecule has 0 fully saturated rings. The number of nitrogens with one attached hydrogen (secondary N) is 2. The summed E-state index contributed by atoms with van der Waals surface area (Å²) in [6.07, 6.45) is 0.697. The number of benzene rings is 1. The fourth-order valence-corrected chi connectivity index (χ4v) is 3.84. The molecule has 0 aliphatic carbocycles. The zero-order chi connectivity index (χ0) is 18.2. The van der Waals surface area contributed by atoms with E-state index in [9.17, 15) is 14.9 Å². The second-order valence-electron chi connectivity index (χ2n) is 5.85. The largest absolute Gasteiger partial charge is 0.466 e. The van der Waals surface area contributed by atoms with Crippen LogP contribution in [0, 0.1) is 18.3 Å². The molecule has 128 valence electrons. The standard InChI is InChI=1S/C18H17N3O3S/c1-4-11-10(2)25-15(12(11)9-19)21-17(23)18(3)16(22)20-13-7-5-6-8-14(13)24-18/h5-8H,4H2,1-3H3,(H,20,22)(H,21,23). The first-order chi connectivity index (χ1) is 11.9. The topological polar surface area (TPSA) is 91.2 Å². The van der Waals surface area contributed by atoms with Crippen molar-refractivity contribution in [1.29, 1.82) is 5.26 Å². The van der Waals surface area contributed by atoms with Gasteiger partial charge in [0.1, 0.15) is 16.8 Å². The quantitative estimate of drug-likeness (QED) is 0.827. The Morgan fingerprint density at radius 3 is 2.84 bits per heavy atom. The first-order valence-corrected chi connectivity index (χ1v) is 8.65. The summed E-state index contributed by atoms with van der Waals surface area (Å²) in [4.78, 5) is 26.2. The Kier molecular flexibility index (Phi) is 4.23. The first-order valence-electron chi connectivity index (χ1n) is 7.84. The lowest BCUT2D eigenvalue weighted by Gasteiger charge is -2.33. The second kappa shape index (κ2) is 6.22. The minimum absolute atomic E-state index is 0.428. The van der Waals surface area contributed by atoms with E-state index in [-0.39, 0.29) is 0 Å². The van der Waals surface area contributed by atoms with Crippen molar-refractivity contribution in [2.75, 3.05) is 10.6 Å². The van der Waals surface area contributed by atoms with Gasteiger partial charge in [-0.05, 0) is 38.0 Å². The summed E-state index contributed by atoms with van der Waals surface area (Å²) in [6.45, 7) is 5.28. The predicted molar refractivity (Wildman–Crippen MR) is 95.9 cm³/mol. The highest BCUT2D eigenvalue weighted by atomic mass is 32.1. The zero-order valence-corrected chi connectivity index (χ0v) is 14.9. The van der Waals surface area contributed by atoms with E-state index in [1.165, 1.54) is 18.3 Å². The minimum atomic E-state index is -1.72. The van der Waals surface area contributed by atoms with Gasteiger partial charge in [-0.25, -0.2) is 0 Å². The number of nitriles is 1. The summed E-state index contributed by atoms with van der Waals surface area (Å²) >= 11 is 1.33. The Bertz CT molecular complexity index is 913. The van der Waals surface area contributed by atoms with Gasteiger partial charge in [0, 0.05) is 4.88 Å². The van der Waals surface area contributed by atoms with Crippen LogP contribution in [0.5, 0.6) is 5.75 Å². The number of hydrogen-bond donors (Lipinski definition) is 2. The van der Waals surface area contributed by atoms with Gasteiger partial charge >= 0.3 is 0 Å². The second-order valence-corrected chi connectivity index (χ2v) is 7.07. The van der Waals surface area contributed by atoms with Crippen molar-refractivity contribution in [2.24, 2.45) is 0 Å². The number of thiophene rings is 1. The molecule has 1 aliphatic rings. The monoisotopic (exact) mass is 355 g/mol. The molecule has 0 spiro atoms. The van der Waals surface area contributed by atoms with Crippen LogP contribution < -0.4 is 15.4 Å². The average molecular weight is 355 g/mol. The maximum Gasteiger partial charge on any atom is 0.278 e. The highest BCUT2D eigenvalue weighted by Gasteiger charge is 2.47. The van der Waals surface area contributed by atoms with Gasteiger partial charge in [-0.1, -0.05) is 19.1 Å². The van der Waals surface area contributed by atoms with Gasteiger partial charge in [0.2, 0.25) is 0 Å². The van der Waals surface area contributed by atoms with Crippen molar-refractivity contribution in [3.8, 4) is 11.8 Å². The summed E-state index contributed by atoms with van der Waals surface area (Å²) in [6, 6.07) is 9.06. The molecule has 2 N–H and O–H groups in total. The molecular weight excluding hydrogens is 338 g/mol. The Morgan fingerprint density at radius 2 is 2.16 bits per heavy atom. The molecule has 0 saturated carbocycles. The lowest BCUT2D eigenvalue weighted by molar-refractivity contribution is -0.143. The molecule has 6 nitrogen and oxygen atoms in total. The molecule has 1 aromatic carbocycles. The van der Waals surface area contributed by atoms with Crippen LogP contribution in [0.1, 0.15) is 29.9 Å². The molecule has 2 heterocycles. The lowest BCUT2D eigenvalue weighted by Crippen LogP contribution is -2.56. The van der Waals surface area contributed by atoms with Gasteiger partial charge in [-0.2, -0.15) is 5.26 Å². The van der Waals surface area contributed by atoms with E-state index in [4.69, 9.17) is 4.74 Å². The number of nitrogens with zero attached hydrogens (tertiary/aromatic N) is 1. The summed E-state index contributed by atoms with van der Waals surface area (Å²) in [7, 11) is 0. The molecule has 0 saturated heterocycles. The van der Waals surface area contributed by atoms with Crippen LogP contribution in [0.25, 0.3) is 0 Å². The number of amides is 2. The smallest absolute Gasteiger partial charge is 0.278 e. The van der Waals surface area contributed by atoms with E-state index < -0.39 is 17.4 Å². The van der Waals surface area contributed by atoms with Gasteiger partial charge in [0.15, 0.2) is 0 Å². The van der Waals surface area contributed by atoms with Gasteiger partial charge in [-0.15, -0.1) is 11.3 Å². The molecule has 1 aromatic heterocycles. The maximum atomic E-state index is 12.8. The average Bonchev–Trinajstić information content (AvgIpc) is 2.90. The van der Waals surface area contributed by atoms with Crippen molar-refractivity contribution in [1.82, 2.24) is 0 Å². The molecule has 0 bridgehead atoms. The van der Waals surface area contributed by atoms with Crippen LogP contribution >= 0.6 is 11.3 Å². The maximum absolute atomic E-state index is 12.8. The van der Waals surface area contributed by atoms with Crippen molar-refractivity contribution < 1.29 is 14.3 Å². The number of para-hydroxylation sites is 2. The number of carbonyl (C=O) groups excluding carboxylic acids is 2. The van der Waals surface area contributed by atoms with Crippen LogP contribution in [-0.2, 0) is 16.0 Å². The van der Waals surface area contributed by atoms with Crippen LogP contribution in [0.2, 0.25) is 0 Å². The molecule has 1 aliphatic heterocycles. The Morgan fingerprint density at radius 1 is 1.44 bits per heavy atom. The van der Waals surface area contributed by atoms with E-state index in [2.05, 4.69) is 16.7 Å². The summed E-state index contributed by atoms with van der Waals surface area (Å²) < 4.78 is 5.70. The number of fused-ring (bicyclic) bond motifs is 1. The normalized spacial score (nSPS) is 18.6. The zero-order valence-electron chi connectivity index (χ0n) is 14.1. The van der Waals surface area contributed by atoms with Crippen LogP contribution in [0.4, 0.5) is 10.7 Å². The van der Waals surface area contributed by atoms with E-state index in [1.54, 1.807) is 24.3 Å². The third-order valence-corrected chi connectivity index (χ3v) is 5.28. The third-order valence-electron chi connectivity index (χ3n) is 4.22. The van der Waals surface area contributed by atoms with E-state index in [0.717, 1.165) is 10.4 Å². The Hall–Kier alpha value is -2.85. The van der Waals surface area contributed by atoms with E-state index in [1.807, 2.05) is 13.8 Å². The van der Waals surface area contributed by atoms with Gasteiger partial charge in [-0.3, -0.25) is 9.59 Å². The van der Waals surface area contributed by atoms with Crippen molar-refractivity contribution in [3.63, 3.8) is 0 Å². The van der Waals surface area contributed by atoms with E-state index >= 15 is 0 Å². The summed E-state index contributed by atoms with van der Waals surface area (Å²) in [5.74, 6) is -0.733. The van der Waals surface area contributed by atoms with Crippen LogP contribution in [-0.4, -0.2) is 17.4 Å². The van der Waals surface area contributed by atoms with Gasteiger partial charge in [0.05, 0.1) is 11.3 Å². The van der Waals surface area contributed by atoms with E-state index in [0.29, 0.717) is 28.4 Å². The minimum Gasteiger partial charge on any atom is -0.466 e.